The minimum absolute atomic E-state index is 0.118. The molecule has 1 aliphatic heterocycles. The number of aromatic nitrogens is 2. The highest BCUT2D eigenvalue weighted by Gasteiger charge is 2.23. The summed E-state index contributed by atoms with van der Waals surface area (Å²) < 4.78 is 16.4. The summed E-state index contributed by atoms with van der Waals surface area (Å²) in [5.41, 5.74) is 2.21. The molecule has 1 fully saturated rings. The Labute approximate surface area is 211 Å². The van der Waals surface area contributed by atoms with Crippen LogP contribution in [0.15, 0.2) is 42.5 Å². The van der Waals surface area contributed by atoms with E-state index in [1.54, 1.807) is 0 Å². The smallest absolute Gasteiger partial charge is 0.320 e. The topological polar surface area (TPSA) is 85.8 Å². The molecular formula is C28H32N4O4. The molecule has 1 N–H and O–H groups in total. The van der Waals surface area contributed by atoms with Gasteiger partial charge in [0.1, 0.15) is 11.4 Å². The van der Waals surface area contributed by atoms with E-state index < -0.39 is 0 Å². The van der Waals surface area contributed by atoms with Crippen molar-refractivity contribution in [2.45, 2.75) is 32.7 Å². The van der Waals surface area contributed by atoms with E-state index in [4.69, 9.17) is 20.6 Å². The van der Waals surface area contributed by atoms with Gasteiger partial charge in [0.2, 0.25) is 0 Å². The van der Waals surface area contributed by atoms with Crippen LogP contribution in [0.5, 0.6) is 5.75 Å². The molecule has 36 heavy (non-hydrogen) atoms. The number of fused-ring (bicyclic) bond motifs is 1. The number of piperidine rings is 1. The molecule has 0 bridgehead atoms. The van der Waals surface area contributed by atoms with Crippen LogP contribution in [0.25, 0.3) is 22.0 Å². The second-order valence-electron chi connectivity index (χ2n) is 8.58. The highest BCUT2D eigenvalue weighted by atomic mass is 16.7. The molecule has 3 aromatic rings. The van der Waals surface area contributed by atoms with Gasteiger partial charge in [-0.25, -0.2) is 0 Å². The molecule has 1 aliphatic rings. The molecule has 0 radical (unpaired) electrons. The number of anilines is 1. The van der Waals surface area contributed by atoms with E-state index in [1.807, 2.05) is 56.3 Å². The molecule has 188 valence electrons. The lowest BCUT2D eigenvalue weighted by atomic mass is 10.0. The van der Waals surface area contributed by atoms with E-state index in [9.17, 15) is 4.79 Å². The number of esters is 1. The lowest BCUT2D eigenvalue weighted by Crippen LogP contribution is -2.44. The van der Waals surface area contributed by atoms with Gasteiger partial charge in [-0.15, -0.1) is 16.6 Å². The molecular weight excluding hydrogens is 456 g/mol. The highest BCUT2D eigenvalue weighted by Crippen LogP contribution is 2.36. The third-order valence-corrected chi connectivity index (χ3v) is 6.10. The van der Waals surface area contributed by atoms with Crippen molar-refractivity contribution in [3.05, 3.63) is 48.0 Å². The maximum atomic E-state index is 11.9. The van der Waals surface area contributed by atoms with Gasteiger partial charge in [0.25, 0.3) is 0 Å². The van der Waals surface area contributed by atoms with Crippen LogP contribution in [0.2, 0.25) is 0 Å². The quantitative estimate of drug-likeness (QED) is 0.198. The van der Waals surface area contributed by atoms with Crippen molar-refractivity contribution in [1.29, 1.82) is 0 Å². The van der Waals surface area contributed by atoms with E-state index in [-0.39, 0.29) is 18.8 Å². The number of hydrogen-bond acceptors (Lipinski definition) is 8. The molecule has 1 aromatic heterocycles. The lowest BCUT2D eigenvalue weighted by molar-refractivity contribution is -0.144. The lowest BCUT2D eigenvalue weighted by Gasteiger charge is -2.32. The predicted molar refractivity (Wildman–Crippen MR) is 140 cm³/mol. The van der Waals surface area contributed by atoms with Crippen LogP contribution >= 0.6 is 0 Å². The van der Waals surface area contributed by atoms with Crippen molar-refractivity contribution in [2.75, 3.05) is 45.0 Å². The van der Waals surface area contributed by atoms with Gasteiger partial charge in [-0.3, -0.25) is 9.69 Å². The minimum atomic E-state index is -0.189. The Hall–Kier alpha value is -3.67. The zero-order chi connectivity index (χ0) is 25.3. The molecule has 1 atom stereocenters. The molecule has 1 saturated heterocycles. The predicted octanol–water partition coefficient (Wildman–Crippen LogP) is 4.09. The zero-order valence-corrected chi connectivity index (χ0v) is 20.8. The number of nitrogens with one attached hydrogen (secondary N) is 1. The Kier molecular flexibility index (Phi) is 8.71. The number of hydrogen-bond donors (Lipinski definition) is 1. The van der Waals surface area contributed by atoms with Crippen LogP contribution in [-0.4, -0.2) is 66.7 Å². The number of terminal acetylenes is 1. The van der Waals surface area contributed by atoms with Crippen molar-refractivity contribution in [3.63, 3.8) is 0 Å². The van der Waals surface area contributed by atoms with Crippen LogP contribution < -0.4 is 10.1 Å². The molecule has 4 rings (SSSR count). The number of ether oxygens (including phenoxy) is 3. The number of carbonyl (C=O) groups excluding carboxylic acids is 1. The van der Waals surface area contributed by atoms with Crippen molar-refractivity contribution < 1.29 is 19.0 Å². The Morgan fingerprint density at radius 3 is 2.78 bits per heavy atom. The second kappa shape index (κ2) is 12.3. The first-order valence-electron chi connectivity index (χ1n) is 12.3. The van der Waals surface area contributed by atoms with Gasteiger partial charge < -0.3 is 19.5 Å². The first-order chi connectivity index (χ1) is 17.6. The SMILES string of the molecule is C#Cc1ccc(-c2nnc(NC3CCCN(CC(=O)OCC)C3)c3ccccc23)c(OCOCC)c1. The summed E-state index contributed by atoms with van der Waals surface area (Å²) in [7, 11) is 0. The fourth-order valence-corrected chi connectivity index (χ4v) is 4.42. The monoisotopic (exact) mass is 488 g/mol. The van der Waals surface area contributed by atoms with E-state index in [2.05, 4.69) is 26.3 Å². The molecule has 0 amide bonds. The van der Waals surface area contributed by atoms with Gasteiger partial charge in [-0.05, 0) is 51.4 Å². The summed E-state index contributed by atoms with van der Waals surface area (Å²) in [6, 6.07) is 13.8. The van der Waals surface area contributed by atoms with E-state index in [0.29, 0.717) is 36.8 Å². The molecule has 0 spiro atoms. The summed E-state index contributed by atoms with van der Waals surface area (Å²) in [6.45, 7) is 6.71. The summed E-state index contributed by atoms with van der Waals surface area (Å²) in [4.78, 5) is 14.1. The Balaban J connectivity index is 1.61. The third-order valence-electron chi connectivity index (χ3n) is 6.10. The average Bonchev–Trinajstić information content (AvgIpc) is 2.89. The average molecular weight is 489 g/mol. The molecule has 2 heterocycles. The molecule has 0 aliphatic carbocycles. The zero-order valence-electron chi connectivity index (χ0n) is 20.8. The van der Waals surface area contributed by atoms with E-state index >= 15 is 0 Å². The third kappa shape index (κ3) is 6.11. The van der Waals surface area contributed by atoms with Crippen LogP contribution in [-0.2, 0) is 14.3 Å². The van der Waals surface area contributed by atoms with Crippen LogP contribution in [0.1, 0.15) is 32.3 Å². The van der Waals surface area contributed by atoms with Gasteiger partial charge in [0.15, 0.2) is 12.6 Å². The van der Waals surface area contributed by atoms with Gasteiger partial charge in [-0.2, -0.15) is 0 Å². The maximum absolute atomic E-state index is 11.9. The molecule has 0 saturated carbocycles. The Morgan fingerprint density at radius 2 is 2.00 bits per heavy atom. The first kappa shape index (κ1) is 25.4. The second-order valence-corrected chi connectivity index (χ2v) is 8.58. The fraction of sp³-hybridized carbons (Fsp3) is 0.393. The molecule has 1 unspecified atom stereocenters. The standard InChI is InChI=1S/C28H32N4O4/c1-4-20-13-14-24(25(16-20)36-19-34-5-2)27-22-11-7-8-12-23(22)28(31-30-27)29-21-10-9-15-32(17-21)18-26(33)35-6-3/h1,7-8,11-14,16,21H,5-6,9-10,15,17-19H2,2-3H3,(H,29,31). The van der Waals surface area contributed by atoms with Crippen LogP contribution in [0, 0.1) is 12.3 Å². The van der Waals surface area contributed by atoms with Crippen LogP contribution in [0.4, 0.5) is 5.82 Å². The number of nitrogens with zero attached hydrogens (tertiary/aromatic N) is 3. The fourth-order valence-electron chi connectivity index (χ4n) is 4.42. The highest BCUT2D eigenvalue weighted by molar-refractivity contribution is 6.01. The Morgan fingerprint density at radius 1 is 1.17 bits per heavy atom. The van der Waals surface area contributed by atoms with Crippen molar-refractivity contribution in [2.24, 2.45) is 0 Å². The van der Waals surface area contributed by atoms with Crippen LogP contribution in [0.3, 0.4) is 0 Å². The van der Waals surface area contributed by atoms with Crippen molar-refractivity contribution in [1.82, 2.24) is 15.1 Å². The minimum Gasteiger partial charge on any atom is -0.467 e. The summed E-state index contributed by atoms with van der Waals surface area (Å²) >= 11 is 0. The summed E-state index contributed by atoms with van der Waals surface area (Å²) in [5, 5.41) is 14.7. The number of benzene rings is 2. The largest absolute Gasteiger partial charge is 0.467 e. The van der Waals surface area contributed by atoms with Gasteiger partial charge in [-0.1, -0.05) is 30.2 Å². The normalized spacial score (nSPS) is 15.9. The molecule has 8 nitrogen and oxygen atoms in total. The summed E-state index contributed by atoms with van der Waals surface area (Å²) in [6.07, 6.45) is 7.59. The van der Waals surface area contributed by atoms with Gasteiger partial charge in [0.05, 0.1) is 13.2 Å². The number of likely N-dealkylation sites (tertiary alicyclic amines) is 1. The van der Waals surface area contributed by atoms with Crippen molar-refractivity contribution >= 4 is 22.6 Å². The number of rotatable bonds is 10. The van der Waals surface area contributed by atoms with E-state index in [0.717, 1.165) is 48.1 Å². The van der Waals surface area contributed by atoms with Gasteiger partial charge >= 0.3 is 5.97 Å². The molecule has 8 heteroatoms. The first-order valence-corrected chi connectivity index (χ1v) is 12.3. The van der Waals surface area contributed by atoms with Crippen molar-refractivity contribution in [3.8, 4) is 29.4 Å². The molecule has 2 aromatic carbocycles. The van der Waals surface area contributed by atoms with Gasteiger partial charge in [0, 0.05) is 41.1 Å². The Bertz CT molecular complexity index is 1240. The van der Waals surface area contributed by atoms with E-state index in [1.165, 1.54) is 0 Å². The summed E-state index contributed by atoms with van der Waals surface area (Å²) in [5.74, 6) is 3.78. The maximum Gasteiger partial charge on any atom is 0.320 e. The number of carbonyl (C=O) groups is 1.